The molecule has 67 heavy (non-hydrogen) atoms. The number of tetrazole rings is 1. The predicted octanol–water partition coefficient (Wildman–Crippen LogP) is 5.17. The lowest BCUT2D eigenvalue weighted by Gasteiger charge is -2.38. The van der Waals surface area contributed by atoms with Crippen LogP contribution in [-0.2, 0) is 39.8 Å². The predicted molar refractivity (Wildman–Crippen MR) is 247 cm³/mol. The number of rotatable bonds is 11. The molecule has 3 aliphatic rings. The fourth-order valence-electron chi connectivity index (χ4n) is 8.52. The molecule has 2 aromatic heterocycles. The monoisotopic (exact) mass is 936 g/mol. The van der Waals surface area contributed by atoms with E-state index in [0.717, 1.165) is 11.0 Å². The summed E-state index contributed by atoms with van der Waals surface area (Å²) in [5, 5.41) is 18.4. The molecule has 0 saturated carbocycles. The molecule has 8 rings (SSSR count). The SMILES string of the molecule is CC(C)(C)OC(=O)c1cc2cc(NC(=O)C(Cc3ccc(N4CCNC(CC5CCOC5)C4=O)cc3)N3CCN(c4cc(Cl)ccc4-n4cnnn4)C(=O)C3=O)ccc2n1C(=O)OC(C)(C)C. The van der Waals surface area contributed by atoms with Crippen LogP contribution in [0.4, 0.5) is 21.9 Å². The van der Waals surface area contributed by atoms with Crippen LogP contribution >= 0.6 is 11.6 Å². The normalized spacial score (nSPS) is 18.7. The van der Waals surface area contributed by atoms with Crippen molar-refractivity contribution in [3.8, 4) is 5.69 Å². The summed E-state index contributed by atoms with van der Waals surface area (Å²) in [6.45, 7) is 12.7. The van der Waals surface area contributed by atoms with Crippen LogP contribution in [0, 0.1) is 5.92 Å². The summed E-state index contributed by atoms with van der Waals surface area (Å²) >= 11 is 6.38. The molecule has 5 aromatic rings. The van der Waals surface area contributed by atoms with E-state index in [0.29, 0.717) is 77.2 Å². The number of halogens is 1. The molecule has 3 saturated heterocycles. The number of benzene rings is 3. The van der Waals surface area contributed by atoms with Gasteiger partial charge in [0.15, 0.2) is 0 Å². The first kappa shape index (κ1) is 46.8. The van der Waals surface area contributed by atoms with Gasteiger partial charge >= 0.3 is 23.9 Å². The first-order valence-corrected chi connectivity index (χ1v) is 22.5. The number of hydrogen-bond donors (Lipinski definition) is 2. The topological polar surface area (TPSA) is 212 Å². The van der Waals surface area contributed by atoms with Crippen molar-refractivity contribution in [1.82, 2.24) is 35.0 Å². The molecule has 3 aliphatic heterocycles. The Labute approximate surface area is 391 Å². The molecule has 2 N–H and O–H groups in total. The lowest BCUT2D eigenvalue weighted by Crippen LogP contribution is -2.60. The number of nitrogens with zero attached hydrogens (tertiary/aromatic N) is 8. The van der Waals surface area contributed by atoms with E-state index in [1.807, 2.05) is 12.1 Å². The van der Waals surface area contributed by atoms with Gasteiger partial charge in [0.1, 0.15) is 29.3 Å². The maximum absolute atomic E-state index is 14.7. The highest BCUT2D eigenvalue weighted by Crippen LogP contribution is 2.32. The molecule has 0 radical (unpaired) electrons. The van der Waals surface area contributed by atoms with Crippen molar-refractivity contribution in [3.05, 3.63) is 89.3 Å². The molecule has 20 heteroatoms. The zero-order valence-corrected chi connectivity index (χ0v) is 38.9. The maximum Gasteiger partial charge on any atom is 0.419 e. The van der Waals surface area contributed by atoms with E-state index in [4.69, 9.17) is 25.8 Å². The van der Waals surface area contributed by atoms with Crippen molar-refractivity contribution in [2.45, 2.75) is 84.1 Å². The van der Waals surface area contributed by atoms with Gasteiger partial charge in [0.25, 0.3) is 0 Å². The number of amides is 4. The molecule has 0 spiro atoms. The number of hydrogen-bond acceptors (Lipinski definition) is 13. The summed E-state index contributed by atoms with van der Waals surface area (Å²) < 4.78 is 19.3. The number of ether oxygens (including phenoxy) is 3. The summed E-state index contributed by atoms with van der Waals surface area (Å²) in [6, 6.07) is 16.7. The Bertz CT molecular complexity index is 2700. The van der Waals surface area contributed by atoms with Crippen LogP contribution < -0.4 is 20.4 Å². The Morgan fingerprint density at radius 2 is 1.64 bits per heavy atom. The van der Waals surface area contributed by atoms with Gasteiger partial charge in [0.05, 0.1) is 22.9 Å². The second-order valence-electron chi connectivity index (χ2n) is 18.8. The highest BCUT2D eigenvalue weighted by molar-refractivity contribution is 6.41. The van der Waals surface area contributed by atoms with Crippen molar-refractivity contribution < 1.29 is 43.0 Å². The Balaban J connectivity index is 1.09. The van der Waals surface area contributed by atoms with Crippen molar-refractivity contribution in [2.24, 2.45) is 5.92 Å². The van der Waals surface area contributed by atoms with Gasteiger partial charge in [0, 0.05) is 67.6 Å². The van der Waals surface area contributed by atoms with Gasteiger partial charge in [-0.1, -0.05) is 23.7 Å². The molecule has 3 unspecified atom stereocenters. The van der Waals surface area contributed by atoms with Gasteiger partial charge in [0.2, 0.25) is 11.8 Å². The number of carbonyl (C=O) groups excluding carboxylic acids is 6. The minimum Gasteiger partial charge on any atom is -0.455 e. The molecule has 0 bridgehead atoms. The van der Waals surface area contributed by atoms with Gasteiger partial charge in [-0.15, -0.1) is 5.10 Å². The minimum absolute atomic E-state index is 0.000400. The lowest BCUT2D eigenvalue weighted by molar-refractivity contribution is -0.149. The van der Waals surface area contributed by atoms with Gasteiger partial charge in [-0.3, -0.25) is 19.2 Å². The number of fused-ring (bicyclic) bond motifs is 1. The van der Waals surface area contributed by atoms with Crippen molar-refractivity contribution in [2.75, 3.05) is 54.5 Å². The second kappa shape index (κ2) is 18.9. The molecule has 352 valence electrons. The fourth-order valence-corrected chi connectivity index (χ4v) is 8.68. The minimum atomic E-state index is -1.21. The quantitative estimate of drug-likeness (QED) is 0.130. The highest BCUT2D eigenvalue weighted by atomic mass is 35.5. The molecule has 19 nitrogen and oxygen atoms in total. The number of piperazine rings is 2. The molecule has 3 fully saturated rings. The average Bonchev–Trinajstić information content (AvgIpc) is 4.06. The second-order valence-corrected chi connectivity index (χ2v) is 19.2. The highest BCUT2D eigenvalue weighted by Gasteiger charge is 2.41. The zero-order valence-electron chi connectivity index (χ0n) is 38.2. The third-order valence-electron chi connectivity index (χ3n) is 11.6. The maximum atomic E-state index is 14.7. The van der Waals surface area contributed by atoms with E-state index in [2.05, 4.69) is 26.2 Å². The van der Waals surface area contributed by atoms with Crippen molar-refractivity contribution in [1.29, 1.82) is 0 Å². The summed E-state index contributed by atoms with van der Waals surface area (Å²) in [5.41, 5.74) is 0.853. The third-order valence-corrected chi connectivity index (χ3v) is 11.8. The number of aromatic nitrogens is 5. The van der Waals surface area contributed by atoms with E-state index in [1.54, 1.807) is 95.0 Å². The Hall–Kier alpha value is -6.70. The molecular weight excluding hydrogens is 884 g/mol. The van der Waals surface area contributed by atoms with Gasteiger partial charge in [-0.05, 0) is 131 Å². The van der Waals surface area contributed by atoms with Gasteiger partial charge in [-0.25, -0.2) is 14.2 Å². The summed E-state index contributed by atoms with van der Waals surface area (Å²) in [7, 11) is 0. The van der Waals surface area contributed by atoms with Crippen LogP contribution in [0.15, 0.2) is 73.1 Å². The Morgan fingerprint density at radius 3 is 2.33 bits per heavy atom. The van der Waals surface area contributed by atoms with Crippen LogP contribution in [0.2, 0.25) is 5.02 Å². The first-order valence-electron chi connectivity index (χ1n) is 22.1. The van der Waals surface area contributed by atoms with E-state index in [9.17, 15) is 28.8 Å². The smallest absolute Gasteiger partial charge is 0.419 e. The number of anilines is 3. The Morgan fingerprint density at radius 1 is 0.881 bits per heavy atom. The van der Waals surface area contributed by atoms with Gasteiger partial charge < -0.3 is 39.5 Å². The average molecular weight is 937 g/mol. The van der Waals surface area contributed by atoms with Crippen LogP contribution in [-0.4, -0.2) is 128 Å². The molecule has 4 amide bonds. The largest absolute Gasteiger partial charge is 0.455 e. The summed E-state index contributed by atoms with van der Waals surface area (Å²) in [6.07, 6.45) is 2.17. The van der Waals surface area contributed by atoms with Gasteiger partial charge in [-0.2, -0.15) is 4.68 Å². The van der Waals surface area contributed by atoms with Crippen molar-refractivity contribution in [3.63, 3.8) is 0 Å². The van der Waals surface area contributed by atoms with Crippen LogP contribution in [0.1, 0.15) is 70.4 Å². The first-order chi connectivity index (χ1) is 31.8. The zero-order chi connectivity index (χ0) is 47.8. The molecule has 3 aromatic carbocycles. The number of nitrogens with one attached hydrogen (secondary N) is 2. The van der Waals surface area contributed by atoms with E-state index >= 15 is 0 Å². The molecule has 3 atom stereocenters. The number of esters is 1. The molecular formula is C47H53ClN10O9. The summed E-state index contributed by atoms with van der Waals surface area (Å²) in [4.78, 5) is 88.0. The number of carbonyl (C=O) groups is 6. The Kier molecular flexibility index (Phi) is 13.2. The third kappa shape index (κ3) is 10.5. The molecule has 0 aliphatic carbocycles. The van der Waals surface area contributed by atoms with Crippen LogP contribution in [0.5, 0.6) is 0 Å². The standard InChI is InChI=1S/C47H53ClN10O9/c1-46(2,3)66-44(63)39-24-30-23-32(10-14-35(30)58(39)45(64)67-47(4,5)6)51-40(59)38(22-28-7-11-33(12-8-28)54-17-16-49-34(41(54)60)21-29-15-20-65-26-29)56-19-18-55(42(61)43(56)62)37-25-31(48)9-13-36(37)57-27-50-52-53-57/h7-14,23-25,27,29,34,38,49H,15-22,26H2,1-6H3,(H,51,59). The van der Waals surface area contributed by atoms with Crippen molar-refractivity contribution >= 4 is 75.3 Å². The summed E-state index contributed by atoms with van der Waals surface area (Å²) in [5.74, 6) is -2.89. The van der Waals surface area contributed by atoms with Crippen LogP contribution in [0.25, 0.3) is 16.6 Å². The van der Waals surface area contributed by atoms with E-state index in [1.165, 1.54) is 26.9 Å². The molecule has 5 heterocycles. The fraction of sp³-hybridized carbons (Fsp3) is 0.426. The lowest BCUT2D eigenvalue weighted by atomic mass is 9.96. The van der Waals surface area contributed by atoms with Crippen LogP contribution in [0.3, 0.4) is 0 Å². The van der Waals surface area contributed by atoms with E-state index < -0.39 is 47.0 Å². The van der Waals surface area contributed by atoms with E-state index in [-0.39, 0.29) is 42.8 Å².